The fraction of sp³-hybridized carbons (Fsp3) is 1.00. The lowest BCUT2D eigenvalue weighted by molar-refractivity contribution is 0.271. The first kappa shape index (κ1) is 9.62. The van der Waals surface area contributed by atoms with E-state index in [0.717, 1.165) is 31.1 Å². The van der Waals surface area contributed by atoms with E-state index in [0.29, 0.717) is 6.04 Å². The van der Waals surface area contributed by atoms with Gasteiger partial charge in [-0.25, -0.2) is 0 Å². The second-order valence-corrected chi connectivity index (χ2v) is 5.64. The van der Waals surface area contributed by atoms with Crippen LogP contribution in [0.25, 0.3) is 0 Å². The predicted octanol–water partition coefficient (Wildman–Crippen LogP) is -0.197. The van der Waals surface area contributed by atoms with Crippen molar-refractivity contribution in [1.29, 1.82) is 0 Å². The maximum Gasteiger partial charge on any atom is 0.0363 e. The molecule has 0 bridgehead atoms. The van der Waals surface area contributed by atoms with Gasteiger partial charge in [0, 0.05) is 48.0 Å². The minimum absolute atomic E-state index is 0.526. The molecule has 2 aliphatic heterocycles. The van der Waals surface area contributed by atoms with Crippen LogP contribution in [-0.4, -0.2) is 52.8 Å². The molecule has 1 N–H and O–H groups in total. The second kappa shape index (κ2) is 4.53. The van der Waals surface area contributed by atoms with Crippen molar-refractivity contribution in [2.24, 2.45) is 0 Å². The van der Waals surface area contributed by atoms with Crippen LogP contribution >= 0.6 is 0 Å². The van der Waals surface area contributed by atoms with Gasteiger partial charge in [0.15, 0.2) is 0 Å². The Morgan fingerprint density at radius 1 is 1.38 bits per heavy atom. The third-order valence-corrected chi connectivity index (χ3v) is 4.19. The van der Waals surface area contributed by atoms with Gasteiger partial charge in [-0.3, -0.25) is 9.11 Å². The topological polar surface area (TPSA) is 32.3 Å². The van der Waals surface area contributed by atoms with Gasteiger partial charge in [0.1, 0.15) is 0 Å². The Kier molecular flexibility index (Phi) is 3.35. The van der Waals surface area contributed by atoms with E-state index in [1.165, 1.54) is 19.4 Å². The van der Waals surface area contributed by atoms with Crippen LogP contribution in [0.2, 0.25) is 0 Å². The molecule has 0 unspecified atom stereocenters. The highest BCUT2D eigenvalue weighted by Gasteiger charge is 2.20. The van der Waals surface area contributed by atoms with E-state index in [1.807, 2.05) is 0 Å². The van der Waals surface area contributed by atoms with Crippen molar-refractivity contribution < 1.29 is 4.21 Å². The molecule has 2 aliphatic rings. The summed E-state index contributed by atoms with van der Waals surface area (Å²) < 4.78 is 11.1. The molecule has 2 rings (SSSR count). The summed E-state index contributed by atoms with van der Waals surface area (Å²) in [7, 11) is -0.526. The Morgan fingerprint density at radius 2 is 2.15 bits per heavy atom. The first-order valence-corrected chi connectivity index (χ1v) is 6.64. The average molecular weight is 202 g/mol. The lowest BCUT2D eigenvalue weighted by Crippen LogP contribution is -2.44. The van der Waals surface area contributed by atoms with E-state index in [2.05, 4.69) is 10.2 Å². The first-order valence-electron chi connectivity index (χ1n) is 5.15. The van der Waals surface area contributed by atoms with Gasteiger partial charge in [0.25, 0.3) is 0 Å². The van der Waals surface area contributed by atoms with Crippen molar-refractivity contribution in [3.63, 3.8) is 0 Å². The number of nitrogens with zero attached hydrogens (tertiary/aromatic N) is 1. The fourth-order valence-electron chi connectivity index (χ4n) is 2.08. The lowest BCUT2D eigenvalue weighted by Gasteiger charge is -2.28. The molecule has 0 spiro atoms. The largest absolute Gasteiger partial charge is 0.313 e. The number of hydrogen-bond donors (Lipinski definition) is 1. The summed E-state index contributed by atoms with van der Waals surface area (Å²) in [6.07, 6.45) is 2.64. The predicted molar refractivity (Wildman–Crippen MR) is 55.3 cm³/mol. The molecule has 0 saturated carbocycles. The highest BCUT2D eigenvalue weighted by atomic mass is 32.2. The van der Waals surface area contributed by atoms with Crippen molar-refractivity contribution >= 4 is 10.8 Å². The SMILES string of the molecule is O=S1CCN(C[C@@H]2CCCN2)CC1. The molecular formula is C9H18N2OS. The van der Waals surface area contributed by atoms with Crippen LogP contribution < -0.4 is 5.32 Å². The zero-order valence-electron chi connectivity index (χ0n) is 8.00. The van der Waals surface area contributed by atoms with E-state index in [4.69, 9.17) is 0 Å². The Balaban J connectivity index is 1.72. The molecule has 13 heavy (non-hydrogen) atoms. The molecule has 3 nitrogen and oxygen atoms in total. The minimum Gasteiger partial charge on any atom is -0.313 e. The van der Waals surface area contributed by atoms with Gasteiger partial charge >= 0.3 is 0 Å². The Hall–Kier alpha value is 0.0700. The smallest absolute Gasteiger partial charge is 0.0363 e. The van der Waals surface area contributed by atoms with E-state index in [9.17, 15) is 4.21 Å². The maximum atomic E-state index is 11.1. The zero-order valence-corrected chi connectivity index (χ0v) is 8.81. The standard InChI is InChI=1S/C9H18N2OS/c12-13-6-4-11(5-7-13)8-9-2-1-3-10-9/h9-10H,1-8H2/t9-/m0/s1. The summed E-state index contributed by atoms with van der Waals surface area (Å²) in [6.45, 7) is 4.41. The number of hydrogen-bond acceptors (Lipinski definition) is 3. The molecule has 0 amide bonds. The van der Waals surface area contributed by atoms with E-state index in [-0.39, 0.29) is 0 Å². The van der Waals surface area contributed by atoms with E-state index >= 15 is 0 Å². The second-order valence-electron chi connectivity index (χ2n) is 3.94. The van der Waals surface area contributed by atoms with Crippen LogP contribution in [0.15, 0.2) is 0 Å². The van der Waals surface area contributed by atoms with Crippen molar-refractivity contribution in [1.82, 2.24) is 10.2 Å². The molecule has 0 aliphatic carbocycles. The van der Waals surface area contributed by atoms with Gasteiger partial charge in [-0.15, -0.1) is 0 Å². The molecule has 2 fully saturated rings. The zero-order chi connectivity index (χ0) is 9.10. The third kappa shape index (κ3) is 2.76. The molecule has 76 valence electrons. The van der Waals surface area contributed by atoms with Gasteiger partial charge in [0.2, 0.25) is 0 Å². The van der Waals surface area contributed by atoms with Gasteiger partial charge < -0.3 is 5.32 Å². The summed E-state index contributed by atoms with van der Waals surface area (Å²) in [6, 6.07) is 0.700. The Bertz CT molecular complexity index is 182. The first-order chi connectivity index (χ1) is 6.34. The Labute approximate surface area is 82.3 Å². The molecule has 2 saturated heterocycles. The van der Waals surface area contributed by atoms with Crippen molar-refractivity contribution in [2.45, 2.75) is 18.9 Å². The monoisotopic (exact) mass is 202 g/mol. The summed E-state index contributed by atoms with van der Waals surface area (Å²) in [5, 5.41) is 3.50. The van der Waals surface area contributed by atoms with Crippen LogP contribution in [0.4, 0.5) is 0 Å². The van der Waals surface area contributed by atoms with Gasteiger partial charge in [-0.05, 0) is 19.4 Å². The fourth-order valence-corrected chi connectivity index (χ4v) is 3.21. The van der Waals surface area contributed by atoms with Crippen molar-refractivity contribution in [3.8, 4) is 0 Å². The molecule has 0 aromatic rings. The summed E-state index contributed by atoms with van der Waals surface area (Å²) in [5.74, 6) is 1.76. The molecule has 4 heteroatoms. The molecule has 0 aromatic carbocycles. The quantitative estimate of drug-likeness (QED) is 0.673. The van der Waals surface area contributed by atoms with Gasteiger partial charge in [0.05, 0.1) is 0 Å². The summed E-state index contributed by atoms with van der Waals surface area (Å²) >= 11 is 0. The molecule has 2 heterocycles. The number of rotatable bonds is 2. The number of nitrogens with one attached hydrogen (secondary N) is 1. The van der Waals surface area contributed by atoms with Gasteiger partial charge in [-0.1, -0.05) is 0 Å². The maximum absolute atomic E-state index is 11.1. The lowest BCUT2D eigenvalue weighted by atomic mass is 10.2. The highest BCUT2D eigenvalue weighted by Crippen LogP contribution is 2.08. The Morgan fingerprint density at radius 3 is 2.77 bits per heavy atom. The van der Waals surface area contributed by atoms with Crippen LogP contribution in [-0.2, 0) is 10.8 Å². The van der Waals surface area contributed by atoms with E-state index in [1.54, 1.807) is 0 Å². The summed E-state index contributed by atoms with van der Waals surface area (Å²) in [4.78, 5) is 2.45. The highest BCUT2D eigenvalue weighted by molar-refractivity contribution is 7.85. The normalized spacial score (nSPS) is 32.5. The third-order valence-electron chi connectivity index (χ3n) is 2.91. The molecular weight excluding hydrogens is 184 g/mol. The van der Waals surface area contributed by atoms with Crippen molar-refractivity contribution in [2.75, 3.05) is 37.7 Å². The van der Waals surface area contributed by atoms with Crippen LogP contribution in [0.1, 0.15) is 12.8 Å². The van der Waals surface area contributed by atoms with Crippen LogP contribution in [0.3, 0.4) is 0 Å². The minimum atomic E-state index is -0.526. The molecule has 0 aromatic heterocycles. The van der Waals surface area contributed by atoms with Gasteiger partial charge in [-0.2, -0.15) is 0 Å². The van der Waals surface area contributed by atoms with Crippen LogP contribution in [0.5, 0.6) is 0 Å². The van der Waals surface area contributed by atoms with Crippen molar-refractivity contribution in [3.05, 3.63) is 0 Å². The van der Waals surface area contributed by atoms with E-state index < -0.39 is 10.8 Å². The molecule has 1 atom stereocenters. The molecule has 0 radical (unpaired) electrons. The van der Waals surface area contributed by atoms with Crippen LogP contribution in [0, 0.1) is 0 Å². The summed E-state index contributed by atoms with van der Waals surface area (Å²) in [5.41, 5.74) is 0. The average Bonchev–Trinajstić information content (AvgIpc) is 2.62.